The SMILES string of the molecule is CC(c1ccc(-c2ccc(CN3CCN(Cc4ccncc4)[C@@H](CC(=O)OCCN)C3)cc2)cc1)(C(F)(F)F)C(F)(F)F. The van der Waals surface area contributed by atoms with Crippen molar-refractivity contribution in [3.8, 4) is 11.1 Å². The third-order valence-corrected chi connectivity index (χ3v) is 7.90. The van der Waals surface area contributed by atoms with Crippen molar-refractivity contribution in [3.63, 3.8) is 0 Å². The largest absolute Gasteiger partial charge is 0.464 e. The summed E-state index contributed by atoms with van der Waals surface area (Å²) in [4.78, 5) is 21.0. The molecule has 0 amide bonds. The van der Waals surface area contributed by atoms with Gasteiger partial charge in [-0.1, -0.05) is 48.5 Å². The van der Waals surface area contributed by atoms with Gasteiger partial charge in [0.05, 0.1) is 6.42 Å². The number of piperazine rings is 1. The molecule has 0 aliphatic carbocycles. The Hall–Kier alpha value is -3.48. The number of aromatic nitrogens is 1. The number of halogens is 6. The van der Waals surface area contributed by atoms with Gasteiger partial charge in [0.2, 0.25) is 0 Å². The van der Waals surface area contributed by atoms with E-state index in [1.807, 2.05) is 24.3 Å². The van der Waals surface area contributed by atoms with Crippen LogP contribution in [0.4, 0.5) is 26.3 Å². The maximum absolute atomic E-state index is 13.4. The minimum atomic E-state index is -5.50. The van der Waals surface area contributed by atoms with Crippen LogP contribution in [0.5, 0.6) is 0 Å². The van der Waals surface area contributed by atoms with Crippen LogP contribution in [-0.4, -0.2) is 71.9 Å². The highest BCUT2D eigenvalue weighted by Gasteiger charge is 2.68. The summed E-state index contributed by atoms with van der Waals surface area (Å²) in [5, 5.41) is 0. The first-order valence-corrected chi connectivity index (χ1v) is 13.9. The maximum Gasteiger partial charge on any atom is 0.406 e. The number of nitrogens with two attached hydrogens (primary N) is 1. The third-order valence-electron chi connectivity index (χ3n) is 7.90. The molecule has 6 nitrogen and oxygen atoms in total. The Bertz CT molecular complexity index is 1320. The molecule has 0 saturated carbocycles. The van der Waals surface area contributed by atoms with Crippen LogP contribution in [0, 0.1) is 0 Å². The summed E-state index contributed by atoms with van der Waals surface area (Å²) < 4.78 is 85.9. The average Bonchev–Trinajstić information content (AvgIpc) is 2.97. The topological polar surface area (TPSA) is 71.7 Å². The number of carbonyl (C=O) groups excluding carboxylic acids is 1. The van der Waals surface area contributed by atoms with Crippen LogP contribution >= 0.6 is 0 Å². The second-order valence-corrected chi connectivity index (χ2v) is 10.8. The molecule has 2 heterocycles. The first-order valence-electron chi connectivity index (χ1n) is 13.9. The van der Waals surface area contributed by atoms with Gasteiger partial charge in [0.15, 0.2) is 5.41 Å². The third kappa shape index (κ3) is 7.73. The second-order valence-electron chi connectivity index (χ2n) is 10.8. The van der Waals surface area contributed by atoms with E-state index < -0.39 is 23.3 Å². The standard InChI is InChI=1S/C31H34F6N4O2/c1-29(30(32,33)34,31(35,36)37)26-8-6-25(7-9-26)24-4-2-22(3-5-24)19-40-15-16-41(20-23-10-13-39-14-11-23)27(21-40)18-28(42)43-17-12-38/h2-11,13-14,27H,12,15-21,38H2,1H3/t27-/m0/s1. The predicted molar refractivity (Wildman–Crippen MR) is 150 cm³/mol. The summed E-state index contributed by atoms with van der Waals surface area (Å²) in [6, 6.07) is 15.5. The summed E-state index contributed by atoms with van der Waals surface area (Å²) in [7, 11) is 0. The molecular weight excluding hydrogens is 574 g/mol. The lowest BCUT2D eigenvalue weighted by molar-refractivity contribution is -0.297. The number of esters is 1. The molecule has 1 aliphatic heterocycles. The minimum Gasteiger partial charge on any atom is -0.464 e. The molecule has 4 rings (SSSR count). The number of pyridine rings is 1. The van der Waals surface area contributed by atoms with E-state index in [-0.39, 0.29) is 38.5 Å². The van der Waals surface area contributed by atoms with Gasteiger partial charge in [-0.15, -0.1) is 0 Å². The van der Waals surface area contributed by atoms with Crippen LogP contribution in [0.15, 0.2) is 73.1 Å². The summed E-state index contributed by atoms with van der Waals surface area (Å²) in [6.07, 6.45) is -7.31. The quantitative estimate of drug-likeness (QED) is 0.235. The lowest BCUT2D eigenvalue weighted by atomic mass is 9.80. The van der Waals surface area contributed by atoms with Crippen LogP contribution in [0.2, 0.25) is 0 Å². The Morgan fingerprint density at radius 1 is 0.860 bits per heavy atom. The molecule has 1 fully saturated rings. The van der Waals surface area contributed by atoms with Gasteiger partial charge in [-0.25, -0.2) is 0 Å². The van der Waals surface area contributed by atoms with Crippen LogP contribution in [0.1, 0.15) is 30.0 Å². The molecule has 0 spiro atoms. The maximum atomic E-state index is 13.4. The van der Waals surface area contributed by atoms with E-state index in [1.165, 1.54) is 12.1 Å². The van der Waals surface area contributed by atoms with Gasteiger partial charge in [0, 0.05) is 57.7 Å². The lowest BCUT2D eigenvalue weighted by Gasteiger charge is -2.41. The Morgan fingerprint density at radius 2 is 1.42 bits per heavy atom. The highest BCUT2D eigenvalue weighted by atomic mass is 19.4. The molecule has 2 N–H and O–H groups in total. The molecule has 1 atom stereocenters. The summed E-state index contributed by atoms with van der Waals surface area (Å²) in [5.41, 5.74) is 3.87. The van der Waals surface area contributed by atoms with Crippen molar-refractivity contribution in [2.24, 2.45) is 5.73 Å². The molecule has 3 aromatic rings. The monoisotopic (exact) mass is 608 g/mol. The van der Waals surface area contributed by atoms with Crippen LogP contribution < -0.4 is 5.73 Å². The number of carbonyl (C=O) groups is 1. The van der Waals surface area contributed by atoms with Crippen molar-refractivity contribution < 1.29 is 35.9 Å². The lowest BCUT2D eigenvalue weighted by Crippen LogP contribution is -2.53. The number of alkyl halides is 6. The molecule has 232 valence electrons. The average molecular weight is 609 g/mol. The Kier molecular flexibility index (Phi) is 10.1. The van der Waals surface area contributed by atoms with E-state index >= 15 is 0 Å². The van der Waals surface area contributed by atoms with Crippen molar-refractivity contribution in [1.82, 2.24) is 14.8 Å². The number of benzene rings is 2. The smallest absolute Gasteiger partial charge is 0.406 e. The van der Waals surface area contributed by atoms with Crippen molar-refractivity contribution in [2.45, 2.75) is 50.2 Å². The molecular formula is C31H34F6N4O2. The minimum absolute atomic E-state index is 0.0796. The number of ether oxygens (including phenoxy) is 1. The fourth-order valence-electron chi connectivity index (χ4n) is 5.19. The van der Waals surface area contributed by atoms with Gasteiger partial charge >= 0.3 is 18.3 Å². The van der Waals surface area contributed by atoms with Gasteiger partial charge in [-0.05, 0) is 46.9 Å². The summed E-state index contributed by atoms with van der Waals surface area (Å²) >= 11 is 0. The molecule has 2 aromatic carbocycles. The first-order chi connectivity index (χ1) is 20.3. The molecule has 1 saturated heterocycles. The van der Waals surface area contributed by atoms with Gasteiger partial charge in [-0.3, -0.25) is 19.6 Å². The van der Waals surface area contributed by atoms with Crippen LogP contribution in [0.3, 0.4) is 0 Å². The molecule has 0 bridgehead atoms. The fourth-order valence-corrected chi connectivity index (χ4v) is 5.19. The Labute approximate surface area is 246 Å². The highest BCUT2D eigenvalue weighted by molar-refractivity contribution is 5.70. The highest BCUT2D eigenvalue weighted by Crippen LogP contribution is 2.51. The van der Waals surface area contributed by atoms with Gasteiger partial charge in [0.1, 0.15) is 6.61 Å². The fraction of sp³-hybridized carbons (Fsp3) is 0.419. The number of hydrogen-bond acceptors (Lipinski definition) is 6. The van der Waals surface area contributed by atoms with Crippen molar-refractivity contribution in [3.05, 3.63) is 89.7 Å². The van der Waals surface area contributed by atoms with E-state index in [2.05, 4.69) is 14.8 Å². The number of nitrogens with zero attached hydrogens (tertiary/aromatic N) is 3. The molecule has 0 radical (unpaired) electrons. The predicted octanol–water partition coefficient (Wildman–Crippen LogP) is 5.71. The first kappa shape index (κ1) is 32.4. The van der Waals surface area contributed by atoms with Gasteiger partial charge < -0.3 is 10.5 Å². The van der Waals surface area contributed by atoms with Gasteiger partial charge in [-0.2, -0.15) is 26.3 Å². The Morgan fingerprint density at radius 3 is 1.98 bits per heavy atom. The zero-order valence-corrected chi connectivity index (χ0v) is 23.7. The van der Waals surface area contributed by atoms with Crippen LogP contribution in [0.25, 0.3) is 11.1 Å². The summed E-state index contributed by atoms with van der Waals surface area (Å²) in [5.74, 6) is -0.307. The van der Waals surface area contributed by atoms with Gasteiger partial charge in [0.25, 0.3) is 0 Å². The van der Waals surface area contributed by atoms with E-state index in [0.717, 1.165) is 36.3 Å². The molecule has 0 unspecified atom stereocenters. The molecule has 1 aromatic heterocycles. The van der Waals surface area contributed by atoms with E-state index in [4.69, 9.17) is 10.5 Å². The normalized spacial score (nSPS) is 17.2. The molecule has 43 heavy (non-hydrogen) atoms. The molecule has 12 heteroatoms. The Balaban J connectivity index is 1.43. The molecule has 1 aliphatic rings. The van der Waals surface area contributed by atoms with Crippen molar-refractivity contribution in [2.75, 3.05) is 32.8 Å². The van der Waals surface area contributed by atoms with Crippen LogP contribution in [-0.2, 0) is 28.0 Å². The zero-order valence-electron chi connectivity index (χ0n) is 23.7. The van der Waals surface area contributed by atoms with Crippen molar-refractivity contribution in [1.29, 1.82) is 0 Å². The second kappa shape index (κ2) is 13.4. The van der Waals surface area contributed by atoms with Crippen molar-refractivity contribution >= 4 is 5.97 Å². The summed E-state index contributed by atoms with van der Waals surface area (Å²) in [6.45, 7) is 3.97. The van der Waals surface area contributed by atoms with E-state index in [9.17, 15) is 31.1 Å². The number of rotatable bonds is 10. The van der Waals surface area contributed by atoms with E-state index in [1.54, 1.807) is 24.5 Å². The zero-order chi connectivity index (χ0) is 31.3. The number of hydrogen-bond donors (Lipinski definition) is 1. The van der Waals surface area contributed by atoms with E-state index in [0.29, 0.717) is 30.8 Å².